The number of hydrogen-bond acceptors (Lipinski definition) is 7. The molecule has 0 amide bonds. The zero-order chi connectivity index (χ0) is 18.4. The van der Waals surface area contributed by atoms with Crippen LogP contribution in [0.5, 0.6) is 0 Å². The van der Waals surface area contributed by atoms with Crippen molar-refractivity contribution in [3.63, 3.8) is 0 Å². The molecule has 0 aromatic carbocycles. The minimum Gasteiger partial charge on any atom is -0.340 e. The highest BCUT2D eigenvalue weighted by Gasteiger charge is 2.47. The van der Waals surface area contributed by atoms with Gasteiger partial charge in [-0.05, 0) is 43.9 Å². The number of aryl methyl sites for hydroxylation is 1. The van der Waals surface area contributed by atoms with E-state index in [-0.39, 0.29) is 16.4 Å². The highest BCUT2D eigenvalue weighted by atomic mass is 32.2. The Labute approximate surface area is 153 Å². The normalized spacial score (nSPS) is 24.3. The van der Waals surface area contributed by atoms with Crippen molar-refractivity contribution in [1.82, 2.24) is 24.3 Å². The molecule has 1 atom stereocenters. The summed E-state index contributed by atoms with van der Waals surface area (Å²) < 4.78 is 32.3. The first-order valence-electron chi connectivity index (χ1n) is 8.80. The van der Waals surface area contributed by atoms with Gasteiger partial charge in [-0.2, -0.15) is 9.29 Å². The second-order valence-electron chi connectivity index (χ2n) is 7.40. The first kappa shape index (κ1) is 17.6. The van der Waals surface area contributed by atoms with E-state index in [1.807, 2.05) is 0 Å². The minimum absolute atomic E-state index is 0.106. The fraction of sp³-hybridized carbons (Fsp3) is 0.588. The molecule has 2 aromatic heterocycles. The quantitative estimate of drug-likeness (QED) is 0.802. The van der Waals surface area contributed by atoms with E-state index in [0.717, 1.165) is 31.6 Å². The average molecular weight is 377 g/mol. The van der Waals surface area contributed by atoms with Gasteiger partial charge in [-0.1, -0.05) is 5.16 Å². The van der Waals surface area contributed by atoms with E-state index in [1.165, 1.54) is 6.20 Å². The summed E-state index contributed by atoms with van der Waals surface area (Å²) >= 11 is 0. The fourth-order valence-electron chi connectivity index (χ4n) is 4.22. The number of aromatic nitrogens is 3. The van der Waals surface area contributed by atoms with Crippen molar-refractivity contribution in [2.45, 2.75) is 37.1 Å². The van der Waals surface area contributed by atoms with Crippen molar-refractivity contribution in [1.29, 1.82) is 0 Å². The molecule has 0 N–H and O–H groups in total. The Kier molecular flexibility index (Phi) is 4.32. The number of rotatable bonds is 3. The molecule has 2 aromatic rings. The van der Waals surface area contributed by atoms with Crippen LogP contribution in [0, 0.1) is 12.3 Å². The summed E-state index contributed by atoms with van der Waals surface area (Å²) in [5.74, 6) is 1.30. The molecule has 2 aliphatic heterocycles. The maximum Gasteiger partial charge on any atom is 0.244 e. The smallest absolute Gasteiger partial charge is 0.244 e. The van der Waals surface area contributed by atoms with E-state index in [2.05, 4.69) is 27.1 Å². The number of nitrogens with zero attached hydrogens (tertiary/aromatic N) is 5. The minimum atomic E-state index is -3.47. The predicted molar refractivity (Wildman–Crippen MR) is 93.7 cm³/mol. The molecule has 2 fully saturated rings. The topological polar surface area (TPSA) is 92.4 Å². The monoisotopic (exact) mass is 377 g/mol. The van der Waals surface area contributed by atoms with Crippen molar-refractivity contribution in [3.05, 3.63) is 36.2 Å². The van der Waals surface area contributed by atoms with Crippen LogP contribution in [-0.2, 0) is 10.0 Å². The molecule has 0 aliphatic carbocycles. The summed E-state index contributed by atoms with van der Waals surface area (Å²) in [5.41, 5.74) is 0.106. The van der Waals surface area contributed by atoms with E-state index < -0.39 is 10.0 Å². The zero-order valence-corrected chi connectivity index (χ0v) is 15.8. The van der Waals surface area contributed by atoms with Crippen LogP contribution in [-0.4, -0.2) is 59.4 Å². The van der Waals surface area contributed by atoms with E-state index in [9.17, 15) is 8.42 Å². The van der Waals surface area contributed by atoms with Crippen LogP contribution >= 0.6 is 0 Å². The molecule has 2 aliphatic rings. The van der Waals surface area contributed by atoms with Crippen molar-refractivity contribution in [3.8, 4) is 0 Å². The lowest BCUT2D eigenvalue weighted by Crippen LogP contribution is -2.44. The molecule has 8 nitrogen and oxygen atoms in total. The Morgan fingerprint density at radius 1 is 1.31 bits per heavy atom. The van der Waals surface area contributed by atoms with Gasteiger partial charge < -0.3 is 4.52 Å². The van der Waals surface area contributed by atoms with Gasteiger partial charge in [-0.3, -0.25) is 9.88 Å². The summed E-state index contributed by atoms with van der Waals surface area (Å²) in [5, 5.41) is 4.08. The molecule has 1 spiro atoms. The highest BCUT2D eigenvalue weighted by Crippen LogP contribution is 2.48. The van der Waals surface area contributed by atoms with Crippen LogP contribution < -0.4 is 0 Å². The third kappa shape index (κ3) is 3.04. The first-order valence-corrected chi connectivity index (χ1v) is 10.2. The van der Waals surface area contributed by atoms with E-state index in [0.29, 0.717) is 19.0 Å². The Balaban J connectivity index is 1.47. The van der Waals surface area contributed by atoms with Gasteiger partial charge in [-0.25, -0.2) is 8.42 Å². The first-order chi connectivity index (χ1) is 12.4. The van der Waals surface area contributed by atoms with Gasteiger partial charge in [0.25, 0.3) is 0 Å². The third-order valence-electron chi connectivity index (χ3n) is 5.64. The Morgan fingerprint density at radius 2 is 2.08 bits per heavy atom. The molecular formula is C17H23N5O3S. The maximum atomic E-state index is 12.8. The van der Waals surface area contributed by atoms with Gasteiger partial charge >= 0.3 is 0 Å². The molecule has 0 saturated carbocycles. The molecule has 2 saturated heterocycles. The van der Waals surface area contributed by atoms with Crippen molar-refractivity contribution >= 4 is 10.0 Å². The summed E-state index contributed by atoms with van der Waals surface area (Å²) in [7, 11) is -1.39. The van der Waals surface area contributed by atoms with E-state index in [4.69, 9.17) is 4.52 Å². The lowest BCUT2D eigenvalue weighted by atomic mass is 9.77. The molecule has 9 heteroatoms. The highest BCUT2D eigenvalue weighted by molar-refractivity contribution is 7.89. The van der Waals surface area contributed by atoms with Crippen molar-refractivity contribution < 1.29 is 12.9 Å². The second kappa shape index (κ2) is 6.40. The molecular weight excluding hydrogens is 354 g/mol. The number of sulfonamides is 1. The Hall–Kier alpha value is -1.84. The van der Waals surface area contributed by atoms with Gasteiger partial charge in [-0.15, -0.1) is 0 Å². The standard InChI is InChI=1S/C17H23N5O3S/c1-13-19-16(20-25-13)15-10-17(12-21(15)2)5-8-22(9-6-17)26(23,24)14-4-3-7-18-11-14/h3-4,7,11,15H,5-6,8-10,12H2,1-2H3. The lowest BCUT2D eigenvalue weighted by molar-refractivity contribution is 0.161. The molecule has 140 valence electrons. The van der Waals surface area contributed by atoms with Crippen molar-refractivity contribution in [2.24, 2.45) is 5.41 Å². The van der Waals surface area contributed by atoms with E-state index in [1.54, 1.807) is 29.6 Å². The van der Waals surface area contributed by atoms with Crippen LogP contribution in [0.4, 0.5) is 0 Å². The fourth-order valence-corrected chi connectivity index (χ4v) is 5.63. The largest absolute Gasteiger partial charge is 0.340 e. The van der Waals surface area contributed by atoms with Crippen LogP contribution in [0.1, 0.15) is 37.0 Å². The summed E-state index contributed by atoms with van der Waals surface area (Å²) in [4.78, 5) is 10.8. The summed E-state index contributed by atoms with van der Waals surface area (Å²) in [6, 6.07) is 3.39. The van der Waals surface area contributed by atoms with Crippen LogP contribution in [0.3, 0.4) is 0 Å². The van der Waals surface area contributed by atoms with Crippen molar-refractivity contribution in [2.75, 3.05) is 26.7 Å². The maximum absolute atomic E-state index is 12.8. The van der Waals surface area contributed by atoms with Crippen LogP contribution in [0.25, 0.3) is 0 Å². The average Bonchev–Trinajstić information content (AvgIpc) is 3.19. The summed E-state index contributed by atoms with van der Waals surface area (Å²) in [6.07, 6.45) is 5.60. The number of likely N-dealkylation sites (tertiary alicyclic amines) is 1. The molecule has 0 bridgehead atoms. The SMILES string of the molecule is Cc1nc(C2CC3(CCN(S(=O)(=O)c4cccnc4)CC3)CN2C)no1. The zero-order valence-electron chi connectivity index (χ0n) is 15.0. The molecule has 0 radical (unpaired) electrons. The van der Waals surface area contributed by atoms with Crippen LogP contribution in [0.15, 0.2) is 33.9 Å². The molecule has 1 unspecified atom stereocenters. The van der Waals surface area contributed by atoms with Gasteiger partial charge in [0, 0.05) is 39.0 Å². The predicted octanol–water partition coefficient (Wildman–Crippen LogP) is 1.62. The Bertz CT molecular complexity index is 875. The van der Waals surface area contributed by atoms with Gasteiger partial charge in [0.1, 0.15) is 4.90 Å². The van der Waals surface area contributed by atoms with Crippen LogP contribution in [0.2, 0.25) is 0 Å². The Morgan fingerprint density at radius 3 is 2.69 bits per heavy atom. The molecule has 4 heterocycles. The third-order valence-corrected chi connectivity index (χ3v) is 7.52. The van der Waals surface area contributed by atoms with Gasteiger partial charge in [0.15, 0.2) is 5.82 Å². The number of piperidine rings is 1. The molecule has 4 rings (SSSR count). The van der Waals surface area contributed by atoms with Gasteiger partial charge in [0.2, 0.25) is 15.9 Å². The lowest BCUT2D eigenvalue weighted by Gasteiger charge is -2.38. The number of hydrogen-bond donors (Lipinski definition) is 0. The second-order valence-corrected chi connectivity index (χ2v) is 9.34. The van der Waals surface area contributed by atoms with E-state index >= 15 is 0 Å². The van der Waals surface area contributed by atoms with Gasteiger partial charge in [0.05, 0.1) is 6.04 Å². The molecule has 26 heavy (non-hydrogen) atoms. The summed E-state index contributed by atoms with van der Waals surface area (Å²) in [6.45, 7) is 3.78. The number of pyridine rings is 1.